The first-order valence-corrected chi connectivity index (χ1v) is 10.9. The fraction of sp³-hybridized carbons (Fsp3) is 0.462. The lowest BCUT2D eigenvalue weighted by Crippen LogP contribution is -2.33. The van der Waals surface area contributed by atoms with Gasteiger partial charge in [0.1, 0.15) is 6.61 Å². The molecule has 0 aliphatic rings. The van der Waals surface area contributed by atoms with Gasteiger partial charge in [-0.1, -0.05) is 38.1 Å². The number of hydrogen-bond acceptors (Lipinski definition) is 6. The molecule has 0 saturated heterocycles. The Morgan fingerprint density at radius 3 is 2.34 bits per heavy atom. The van der Waals surface area contributed by atoms with Gasteiger partial charge in [0.15, 0.2) is 11.5 Å². The molecule has 0 fully saturated rings. The summed E-state index contributed by atoms with van der Waals surface area (Å²) in [5.41, 5.74) is 0.869. The summed E-state index contributed by atoms with van der Waals surface area (Å²) in [7, 11) is 5.20. The molecule has 2 aromatic carbocycles. The van der Waals surface area contributed by atoms with Crippen LogP contribution in [-0.2, 0) is 10.2 Å². The van der Waals surface area contributed by atoms with Crippen molar-refractivity contribution in [2.75, 3.05) is 41.0 Å². The van der Waals surface area contributed by atoms with Crippen LogP contribution in [0.15, 0.2) is 48.5 Å². The molecular weight excluding hydrogens is 404 g/mol. The van der Waals surface area contributed by atoms with Crippen molar-refractivity contribution < 1.29 is 19.0 Å². The molecule has 0 bridgehead atoms. The van der Waals surface area contributed by atoms with E-state index in [4.69, 9.17) is 14.2 Å². The van der Waals surface area contributed by atoms with Crippen LogP contribution in [0, 0.1) is 17.2 Å². The summed E-state index contributed by atoms with van der Waals surface area (Å²) in [6.45, 7) is 5.91. The SMILES string of the molecule is COc1ccc(C(C#N)(CCCN(C)CCOC(=O)c2ccccc2)C(C)C)cc1OC. The Bertz CT molecular complexity index is 908. The molecule has 2 aromatic rings. The van der Waals surface area contributed by atoms with Gasteiger partial charge >= 0.3 is 5.97 Å². The highest BCUT2D eigenvalue weighted by Gasteiger charge is 2.36. The number of hydrogen-bond donors (Lipinski definition) is 0. The van der Waals surface area contributed by atoms with Crippen LogP contribution in [0.5, 0.6) is 11.5 Å². The molecule has 2 rings (SSSR count). The number of ether oxygens (including phenoxy) is 3. The zero-order chi connectivity index (χ0) is 23.6. The van der Waals surface area contributed by atoms with Crippen LogP contribution in [0.4, 0.5) is 0 Å². The maximum atomic E-state index is 12.0. The lowest BCUT2D eigenvalue weighted by Gasteiger charge is -2.32. The van der Waals surface area contributed by atoms with E-state index in [0.717, 1.165) is 18.5 Å². The minimum atomic E-state index is -0.625. The largest absolute Gasteiger partial charge is 0.493 e. The van der Waals surface area contributed by atoms with Crippen molar-refractivity contribution in [2.45, 2.75) is 32.1 Å². The van der Waals surface area contributed by atoms with Gasteiger partial charge in [-0.25, -0.2) is 4.79 Å². The number of nitrogens with zero attached hydrogens (tertiary/aromatic N) is 2. The molecule has 6 nitrogen and oxygen atoms in total. The Balaban J connectivity index is 1.93. The maximum absolute atomic E-state index is 12.0. The number of rotatable bonds is 12. The molecule has 0 amide bonds. The Morgan fingerprint density at radius 2 is 1.75 bits per heavy atom. The van der Waals surface area contributed by atoms with Gasteiger partial charge in [0.25, 0.3) is 0 Å². The van der Waals surface area contributed by atoms with Crippen LogP contribution in [-0.4, -0.2) is 51.8 Å². The van der Waals surface area contributed by atoms with Crippen LogP contribution in [0.3, 0.4) is 0 Å². The first kappa shape index (κ1) is 25.2. The molecule has 1 unspecified atom stereocenters. The van der Waals surface area contributed by atoms with Crippen LogP contribution in [0.2, 0.25) is 0 Å². The summed E-state index contributed by atoms with van der Waals surface area (Å²) in [5, 5.41) is 10.2. The molecule has 172 valence electrons. The topological polar surface area (TPSA) is 71.8 Å². The molecule has 0 N–H and O–H groups in total. The highest BCUT2D eigenvalue weighted by molar-refractivity contribution is 5.89. The molecule has 0 radical (unpaired) electrons. The molecule has 0 aliphatic carbocycles. The third-order valence-electron chi connectivity index (χ3n) is 5.91. The van der Waals surface area contributed by atoms with Crippen LogP contribution < -0.4 is 9.47 Å². The van der Waals surface area contributed by atoms with Gasteiger partial charge in [-0.2, -0.15) is 5.26 Å². The summed E-state index contributed by atoms with van der Waals surface area (Å²) in [6, 6.07) is 17.3. The van der Waals surface area contributed by atoms with Crippen molar-refractivity contribution in [1.82, 2.24) is 4.90 Å². The molecule has 32 heavy (non-hydrogen) atoms. The van der Waals surface area contributed by atoms with Crippen molar-refractivity contribution in [1.29, 1.82) is 5.26 Å². The van der Waals surface area contributed by atoms with Crippen LogP contribution in [0.1, 0.15) is 42.6 Å². The molecule has 1 atom stereocenters. The second kappa shape index (κ2) is 12.1. The fourth-order valence-electron chi connectivity index (χ4n) is 3.82. The van der Waals surface area contributed by atoms with E-state index < -0.39 is 5.41 Å². The van der Waals surface area contributed by atoms with Crippen LogP contribution >= 0.6 is 0 Å². The van der Waals surface area contributed by atoms with E-state index in [1.54, 1.807) is 26.4 Å². The number of carbonyl (C=O) groups is 1. The van der Waals surface area contributed by atoms with Gasteiger partial charge in [-0.05, 0) is 62.2 Å². The summed E-state index contributed by atoms with van der Waals surface area (Å²) >= 11 is 0. The van der Waals surface area contributed by atoms with Gasteiger partial charge in [-0.3, -0.25) is 0 Å². The molecule has 0 saturated carbocycles. The Morgan fingerprint density at radius 1 is 1.06 bits per heavy atom. The third-order valence-corrected chi connectivity index (χ3v) is 5.91. The summed E-state index contributed by atoms with van der Waals surface area (Å²) < 4.78 is 16.2. The second-order valence-electron chi connectivity index (χ2n) is 8.22. The predicted octanol–water partition coefficient (Wildman–Crippen LogP) is 4.69. The smallest absolute Gasteiger partial charge is 0.338 e. The minimum Gasteiger partial charge on any atom is -0.493 e. The number of nitriles is 1. The Labute approximate surface area is 191 Å². The number of benzene rings is 2. The van der Waals surface area contributed by atoms with E-state index in [1.807, 2.05) is 43.4 Å². The highest BCUT2D eigenvalue weighted by Crippen LogP contribution is 2.40. The first-order chi connectivity index (χ1) is 15.4. The number of likely N-dealkylation sites (N-methyl/N-ethyl adjacent to an activating group) is 1. The molecule has 0 heterocycles. The minimum absolute atomic E-state index is 0.128. The predicted molar refractivity (Wildman–Crippen MR) is 125 cm³/mol. The van der Waals surface area contributed by atoms with Gasteiger partial charge in [0.2, 0.25) is 0 Å². The number of carbonyl (C=O) groups excluding carboxylic acids is 1. The normalized spacial score (nSPS) is 12.8. The Hall–Kier alpha value is -3.04. The van der Waals surface area contributed by atoms with Crippen molar-refractivity contribution in [3.05, 3.63) is 59.7 Å². The zero-order valence-corrected chi connectivity index (χ0v) is 19.8. The average Bonchev–Trinajstić information content (AvgIpc) is 2.81. The van der Waals surface area contributed by atoms with E-state index in [-0.39, 0.29) is 11.9 Å². The first-order valence-electron chi connectivity index (χ1n) is 10.9. The van der Waals surface area contributed by atoms with Gasteiger partial charge in [0.05, 0.1) is 31.3 Å². The quantitative estimate of drug-likeness (QED) is 0.448. The number of methoxy groups -OCH3 is 2. The van der Waals surface area contributed by atoms with Crippen molar-refractivity contribution in [2.24, 2.45) is 5.92 Å². The molecule has 0 spiro atoms. The standard InChI is InChI=1S/C26H34N2O4/c1-20(2)26(19-27,22-12-13-23(30-4)24(18-22)31-5)14-9-15-28(3)16-17-32-25(29)21-10-7-6-8-11-21/h6-8,10-13,18,20H,9,14-17H2,1-5H3. The van der Waals surface area contributed by atoms with E-state index >= 15 is 0 Å². The zero-order valence-electron chi connectivity index (χ0n) is 19.8. The number of esters is 1. The monoisotopic (exact) mass is 438 g/mol. The van der Waals surface area contributed by atoms with E-state index in [9.17, 15) is 10.1 Å². The van der Waals surface area contributed by atoms with Crippen molar-refractivity contribution >= 4 is 5.97 Å². The van der Waals surface area contributed by atoms with Crippen molar-refractivity contribution in [3.63, 3.8) is 0 Å². The van der Waals surface area contributed by atoms with E-state index in [1.165, 1.54) is 0 Å². The van der Waals surface area contributed by atoms with Gasteiger partial charge in [0, 0.05) is 6.54 Å². The lowest BCUT2D eigenvalue weighted by atomic mass is 9.69. The van der Waals surface area contributed by atoms with Gasteiger partial charge < -0.3 is 19.1 Å². The Kier molecular flexibility index (Phi) is 9.55. The third kappa shape index (κ3) is 6.24. The highest BCUT2D eigenvalue weighted by atomic mass is 16.5. The second-order valence-corrected chi connectivity index (χ2v) is 8.22. The summed E-state index contributed by atoms with van der Waals surface area (Å²) in [5.74, 6) is 1.10. The molecule has 0 aliphatic heterocycles. The van der Waals surface area contributed by atoms with Crippen molar-refractivity contribution in [3.8, 4) is 17.6 Å². The lowest BCUT2D eigenvalue weighted by molar-refractivity contribution is 0.0472. The van der Waals surface area contributed by atoms with Gasteiger partial charge in [-0.15, -0.1) is 0 Å². The maximum Gasteiger partial charge on any atom is 0.338 e. The summed E-state index contributed by atoms with van der Waals surface area (Å²) in [4.78, 5) is 14.2. The van der Waals surface area contributed by atoms with Crippen LogP contribution in [0.25, 0.3) is 0 Å². The molecular formula is C26H34N2O4. The van der Waals surface area contributed by atoms with E-state index in [0.29, 0.717) is 36.6 Å². The molecule has 6 heteroatoms. The molecule has 0 aromatic heterocycles. The summed E-state index contributed by atoms with van der Waals surface area (Å²) in [6.07, 6.45) is 1.55. The van der Waals surface area contributed by atoms with E-state index in [2.05, 4.69) is 24.8 Å². The average molecular weight is 439 g/mol. The fourth-order valence-corrected chi connectivity index (χ4v) is 3.82.